The monoisotopic (exact) mass is 543 g/mol. The molecule has 3 aromatic heterocycles. The molecule has 4 aromatic rings. The minimum absolute atomic E-state index is 0.0170. The number of nitrogens with zero attached hydrogens (tertiary/aromatic N) is 4. The SMILES string of the molecule is N/N=C\N(N)c1ccc(Cl)cc1-c1cc2n(c(=O)c1Cl)C(c1ncc(-c3ccc(C(=O)O)s3)[nH]1)CC2. The van der Waals surface area contributed by atoms with E-state index in [1.165, 1.54) is 11.3 Å². The maximum atomic E-state index is 13.5. The van der Waals surface area contributed by atoms with Crippen molar-refractivity contribution in [1.82, 2.24) is 14.5 Å². The van der Waals surface area contributed by atoms with Crippen LogP contribution in [0.4, 0.5) is 5.69 Å². The fourth-order valence-corrected chi connectivity index (χ4v) is 5.60. The number of aromatic carboxylic acids is 1. The van der Waals surface area contributed by atoms with Crippen molar-refractivity contribution in [3.63, 3.8) is 0 Å². The molecule has 1 aliphatic heterocycles. The summed E-state index contributed by atoms with van der Waals surface area (Å²) in [6.45, 7) is 0. The van der Waals surface area contributed by atoms with Crippen LogP contribution < -0.4 is 22.3 Å². The zero-order valence-electron chi connectivity index (χ0n) is 18.5. The van der Waals surface area contributed by atoms with Crippen LogP contribution in [-0.4, -0.2) is 31.9 Å². The van der Waals surface area contributed by atoms with Gasteiger partial charge in [0.2, 0.25) is 0 Å². The number of halogens is 2. The summed E-state index contributed by atoms with van der Waals surface area (Å²) in [5.74, 6) is 10.9. The van der Waals surface area contributed by atoms with Crippen molar-refractivity contribution in [3.05, 3.63) is 79.4 Å². The Balaban J connectivity index is 1.55. The quantitative estimate of drug-likeness (QED) is 0.123. The summed E-state index contributed by atoms with van der Waals surface area (Å²) >= 11 is 14.0. The van der Waals surface area contributed by atoms with Gasteiger partial charge in [-0.15, -0.1) is 11.3 Å². The van der Waals surface area contributed by atoms with Crippen molar-refractivity contribution in [1.29, 1.82) is 0 Å². The lowest BCUT2D eigenvalue weighted by Crippen LogP contribution is -2.30. The van der Waals surface area contributed by atoms with Crippen LogP contribution in [0.15, 0.2) is 52.5 Å². The number of carbonyl (C=O) groups is 1. The smallest absolute Gasteiger partial charge is 0.345 e. The molecule has 5 rings (SSSR count). The molecule has 0 radical (unpaired) electrons. The van der Waals surface area contributed by atoms with Crippen molar-refractivity contribution in [3.8, 4) is 21.7 Å². The number of hydrogen-bond acceptors (Lipinski definition) is 7. The summed E-state index contributed by atoms with van der Waals surface area (Å²) in [7, 11) is 0. The number of aromatic nitrogens is 3. The lowest BCUT2D eigenvalue weighted by Gasteiger charge is -2.20. The minimum Gasteiger partial charge on any atom is -0.477 e. The molecule has 13 heteroatoms. The first-order valence-corrected chi connectivity index (χ1v) is 12.2. The van der Waals surface area contributed by atoms with E-state index in [4.69, 9.17) is 34.9 Å². The molecule has 0 fully saturated rings. The van der Waals surface area contributed by atoms with E-state index in [-0.39, 0.29) is 21.5 Å². The summed E-state index contributed by atoms with van der Waals surface area (Å²) in [6, 6.07) is 9.81. The van der Waals surface area contributed by atoms with E-state index in [0.717, 1.165) is 21.9 Å². The molecule has 184 valence electrons. The Morgan fingerprint density at radius 3 is 2.81 bits per heavy atom. The second kappa shape index (κ2) is 9.43. The number of hydrogen-bond donors (Lipinski definition) is 4. The van der Waals surface area contributed by atoms with Crippen LogP contribution in [0.5, 0.6) is 0 Å². The molecule has 0 aliphatic carbocycles. The molecule has 1 aromatic carbocycles. The number of H-pyrrole nitrogens is 1. The van der Waals surface area contributed by atoms with Gasteiger partial charge in [0.15, 0.2) is 0 Å². The van der Waals surface area contributed by atoms with Crippen LogP contribution in [0, 0.1) is 0 Å². The van der Waals surface area contributed by atoms with Crippen LogP contribution in [0.1, 0.15) is 33.7 Å². The van der Waals surface area contributed by atoms with Gasteiger partial charge in [-0.05, 0) is 49.2 Å². The molecule has 1 aliphatic rings. The van der Waals surface area contributed by atoms with Crippen LogP contribution >= 0.6 is 34.5 Å². The molecule has 0 amide bonds. The molecule has 0 bridgehead atoms. The number of aryl methyl sites for hydroxylation is 1. The van der Waals surface area contributed by atoms with E-state index in [9.17, 15) is 14.7 Å². The fourth-order valence-electron chi connectivity index (χ4n) is 4.37. The summed E-state index contributed by atoms with van der Waals surface area (Å²) in [4.78, 5) is 33.4. The number of anilines is 1. The van der Waals surface area contributed by atoms with Gasteiger partial charge in [0.1, 0.15) is 22.1 Å². The van der Waals surface area contributed by atoms with Crippen molar-refractivity contribution in [2.24, 2.45) is 16.8 Å². The Morgan fingerprint density at radius 2 is 2.08 bits per heavy atom. The van der Waals surface area contributed by atoms with Crippen LogP contribution in [0.3, 0.4) is 0 Å². The van der Waals surface area contributed by atoms with E-state index in [1.54, 1.807) is 41.1 Å². The number of pyridine rings is 1. The number of fused-ring (bicyclic) bond motifs is 1. The van der Waals surface area contributed by atoms with Gasteiger partial charge in [-0.2, -0.15) is 5.10 Å². The Labute approximate surface area is 218 Å². The van der Waals surface area contributed by atoms with Gasteiger partial charge >= 0.3 is 5.97 Å². The number of hydrazone groups is 1. The van der Waals surface area contributed by atoms with Gasteiger partial charge in [-0.25, -0.2) is 15.6 Å². The third kappa shape index (κ3) is 4.16. The molecule has 1 atom stereocenters. The zero-order chi connectivity index (χ0) is 25.6. The first-order chi connectivity index (χ1) is 17.3. The van der Waals surface area contributed by atoms with Gasteiger partial charge in [-0.1, -0.05) is 23.2 Å². The number of carboxylic acids is 1. The molecule has 0 saturated heterocycles. The molecule has 0 spiro atoms. The number of benzene rings is 1. The number of carboxylic acid groups (broad SMARTS) is 1. The van der Waals surface area contributed by atoms with Crippen LogP contribution in [0.25, 0.3) is 21.7 Å². The molecule has 10 nitrogen and oxygen atoms in total. The largest absolute Gasteiger partial charge is 0.477 e. The van der Waals surface area contributed by atoms with Crippen molar-refractivity contribution >= 4 is 52.5 Å². The lowest BCUT2D eigenvalue weighted by molar-refractivity contribution is 0.0702. The number of rotatable bonds is 6. The van der Waals surface area contributed by atoms with Crippen molar-refractivity contribution in [2.75, 3.05) is 5.01 Å². The van der Waals surface area contributed by atoms with E-state index < -0.39 is 5.97 Å². The number of aromatic amines is 1. The molecule has 4 heterocycles. The average Bonchev–Trinajstić information content (AvgIpc) is 3.60. The lowest BCUT2D eigenvalue weighted by atomic mass is 10.0. The molecule has 36 heavy (non-hydrogen) atoms. The average molecular weight is 544 g/mol. The number of nitrogens with one attached hydrogen (secondary N) is 1. The standard InChI is InChI=1S/C23H19Cl2N7O3S/c24-11-1-3-16(31(27)10-29-26)13(7-11)14-8-12-2-4-17(32(12)22(33)20(14)25)21-28-9-15(30-21)18-5-6-19(36-18)23(34)35/h1,3,5-10,17H,2,4,26-27H2,(H,28,30)(H,34,35)/b29-10-. The Kier molecular flexibility index (Phi) is 6.31. The highest BCUT2D eigenvalue weighted by atomic mass is 35.5. The first kappa shape index (κ1) is 24.1. The van der Waals surface area contributed by atoms with E-state index in [1.807, 2.05) is 6.07 Å². The summed E-state index contributed by atoms with van der Waals surface area (Å²) in [5.41, 5.74) is 2.67. The summed E-state index contributed by atoms with van der Waals surface area (Å²) in [6.07, 6.45) is 4.13. The number of nitrogens with two attached hydrogens (primary N) is 2. The fraction of sp³-hybridized carbons (Fsp3) is 0.130. The van der Waals surface area contributed by atoms with Crippen molar-refractivity contribution in [2.45, 2.75) is 18.9 Å². The highest BCUT2D eigenvalue weighted by Crippen LogP contribution is 2.39. The second-order valence-corrected chi connectivity index (χ2v) is 9.98. The van der Waals surface area contributed by atoms with E-state index >= 15 is 0 Å². The molecular formula is C23H19Cl2N7O3S. The van der Waals surface area contributed by atoms with E-state index in [0.29, 0.717) is 46.2 Å². The van der Waals surface area contributed by atoms with Gasteiger partial charge in [0, 0.05) is 21.8 Å². The molecule has 6 N–H and O–H groups in total. The van der Waals surface area contributed by atoms with Crippen LogP contribution in [-0.2, 0) is 6.42 Å². The Bertz CT molecular complexity index is 1580. The number of imidazole rings is 1. The summed E-state index contributed by atoms with van der Waals surface area (Å²) < 4.78 is 1.64. The van der Waals surface area contributed by atoms with Gasteiger partial charge in [0.05, 0.1) is 28.5 Å². The normalized spacial score (nSPS) is 14.9. The predicted molar refractivity (Wildman–Crippen MR) is 141 cm³/mol. The zero-order valence-corrected chi connectivity index (χ0v) is 20.8. The third-order valence-corrected chi connectivity index (χ3v) is 7.67. The predicted octanol–water partition coefficient (Wildman–Crippen LogP) is 4.09. The summed E-state index contributed by atoms with van der Waals surface area (Å²) in [5, 5.41) is 14.3. The van der Waals surface area contributed by atoms with Gasteiger partial charge in [0.25, 0.3) is 5.56 Å². The minimum atomic E-state index is -0.983. The Morgan fingerprint density at radius 1 is 1.28 bits per heavy atom. The third-order valence-electron chi connectivity index (χ3n) is 5.96. The molecule has 1 unspecified atom stereocenters. The van der Waals surface area contributed by atoms with Crippen molar-refractivity contribution < 1.29 is 9.90 Å². The molecule has 0 saturated carbocycles. The maximum Gasteiger partial charge on any atom is 0.345 e. The number of thiophene rings is 1. The highest BCUT2D eigenvalue weighted by molar-refractivity contribution is 7.17. The van der Waals surface area contributed by atoms with E-state index in [2.05, 4.69) is 15.1 Å². The Hall–Kier alpha value is -3.64. The van der Waals surface area contributed by atoms with Crippen LogP contribution in [0.2, 0.25) is 10.0 Å². The maximum absolute atomic E-state index is 13.5. The van der Waals surface area contributed by atoms with Gasteiger partial charge < -0.3 is 20.5 Å². The highest BCUT2D eigenvalue weighted by Gasteiger charge is 2.30. The topological polar surface area (TPSA) is 156 Å². The van der Waals surface area contributed by atoms with Gasteiger partial charge in [-0.3, -0.25) is 9.80 Å². The number of hydrazine groups is 1. The molecular weight excluding hydrogens is 525 g/mol. The second-order valence-electron chi connectivity index (χ2n) is 8.08. The first-order valence-electron chi connectivity index (χ1n) is 10.7.